The van der Waals surface area contributed by atoms with E-state index in [1.165, 1.54) is 6.20 Å². The standard InChI is InChI=1S/C4H8N2O/c1-2-3-4-5-6-7/h3-4H,2H2,1H3,(H,5,7). The molecule has 0 aliphatic heterocycles. The molecule has 0 spiro atoms. The Bertz CT molecular complexity index is 70.1. The van der Waals surface area contributed by atoms with Gasteiger partial charge in [0.25, 0.3) is 0 Å². The first kappa shape index (κ1) is 6.14. The smallest absolute Gasteiger partial charge is 0.0540 e. The van der Waals surface area contributed by atoms with Gasteiger partial charge in [-0.05, 0) is 6.42 Å². The molecule has 0 heterocycles. The second-order valence-corrected chi connectivity index (χ2v) is 1.03. The number of nitrogens with zero attached hydrogens (tertiary/aromatic N) is 1. The van der Waals surface area contributed by atoms with E-state index >= 15 is 0 Å². The van der Waals surface area contributed by atoms with E-state index in [4.69, 9.17) is 0 Å². The lowest BCUT2D eigenvalue weighted by Gasteiger charge is -1.76. The van der Waals surface area contributed by atoms with Crippen LogP contribution in [0.5, 0.6) is 0 Å². The lowest BCUT2D eigenvalue weighted by atomic mass is 10.5. The first-order chi connectivity index (χ1) is 3.41. The van der Waals surface area contributed by atoms with Crippen LogP contribution in [-0.4, -0.2) is 0 Å². The average molecular weight is 100 g/mol. The van der Waals surface area contributed by atoms with E-state index in [1.807, 2.05) is 6.92 Å². The molecule has 0 bridgehead atoms. The molecule has 0 fully saturated rings. The second-order valence-electron chi connectivity index (χ2n) is 1.03. The fourth-order valence-electron chi connectivity index (χ4n) is 0.201. The maximum absolute atomic E-state index is 9.27. The van der Waals surface area contributed by atoms with Crippen LogP contribution in [0.2, 0.25) is 0 Å². The zero-order valence-electron chi connectivity index (χ0n) is 4.22. The van der Waals surface area contributed by atoms with Crippen molar-refractivity contribution >= 4 is 0 Å². The van der Waals surface area contributed by atoms with Gasteiger partial charge in [-0.25, -0.2) is 5.43 Å². The number of hydrogen-bond acceptors (Lipinski definition) is 2. The van der Waals surface area contributed by atoms with Gasteiger partial charge in [-0.1, -0.05) is 13.0 Å². The highest BCUT2D eigenvalue weighted by molar-refractivity contribution is 4.75. The third-order valence-electron chi connectivity index (χ3n) is 0.481. The molecule has 0 saturated carbocycles. The minimum Gasteiger partial charge on any atom is -0.250 e. The number of nitroso groups, excluding NO2 is 1. The van der Waals surface area contributed by atoms with E-state index in [1.54, 1.807) is 6.08 Å². The molecule has 40 valence electrons. The van der Waals surface area contributed by atoms with Crippen molar-refractivity contribution in [3.8, 4) is 0 Å². The van der Waals surface area contributed by atoms with E-state index in [-0.39, 0.29) is 0 Å². The van der Waals surface area contributed by atoms with Crippen molar-refractivity contribution in [2.24, 2.45) is 5.29 Å². The molecule has 0 amide bonds. The highest BCUT2D eigenvalue weighted by atomic mass is 16.3. The van der Waals surface area contributed by atoms with Crippen LogP contribution in [0.1, 0.15) is 13.3 Å². The molecule has 0 radical (unpaired) electrons. The van der Waals surface area contributed by atoms with Crippen molar-refractivity contribution in [1.29, 1.82) is 0 Å². The Morgan fingerprint density at radius 3 is 3.00 bits per heavy atom. The summed E-state index contributed by atoms with van der Waals surface area (Å²) >= 11 is 0. The largest absolute Gasteiger partial charge is 0.250 e. The van der Waals surface area contributed by atoms with Gasteiger partial charge < -0.3 is 0 Å². The van der Waals surface area contributed by atoms with E-state index in [0.717, 1.165) is 6.42 Å². The molecule has 0 aromatic carbocycles. The molecule has 0 aliphatic carbocycles. The molecule has 1 N–H and O–H groups in total. The molecular weight excluding hydrogens is 92.1 g/mol. The van der Waals surface area contributed by atoms with Crippen LogP contribution in [0, 0.1) is 4.91 Å². The summed E-state index contributed by atoms with van der Waals surface area (Å²) in [4.78, 5) is 9.27. The van der Waals surface area contributed by atoms with Gasteiger partial charge in [-0.2, -0.15) is 0 Å². The van der Waals surface area contributed by atoms with Crippen LogP contribution < -0.4 is 5.43 Å². The SMILES string of the molecule is CCC=CNN=O. The molecule has 7 heavy (non-hydrogen) atoms. The molecule has 0 aromatic heterocycles. The first-order valence-corrected chi connectivity index (χ1v) is 2.14. The quantitative estimate of drug-likeness (QED) is 0.427. The van der Waals surface area contributed by atoms with Crippen LogP contribution >= 0.6 is 0 Å². The molecular formula is C4H8N2O. The van der Waals surface area contributed by atoms with Crippen LogP contribution in [-0.2, 0) is 0 Å². The summed E-state index contributed by atoms with van der Waals surface area (Å²) in [6.45, 7) is 1.98. The average Bonchev–Trinajstić information content (AvgIpc) is 1.69. The zero-order chi connectivity index (χ0) is 5.54. The fourth-order valence-corrected chi connectivity index (χ4v) is 0.201. The highest BCUT2D eigenvalue weighted by Crippen LogP contribution is 1.73. The molecule has 0 aromatic rings. The number of hydrogen-bond donors (Lipinski definition) is 1. The molecule has 0 atom stereocenters. The topological polar surface area (TPSA) is 41.5 Å². The third kappa shape index (κ3) is 5.14. The van der Waals surface area contributed by atoms with Gasteiger partial charge in [-0.15, -0.1) is 4.91 Å². The van der Waals surface area contributed by atoms with Gasteiger partial charge in [-0.3, -0.25) is 0 Å². The summed E-state index contributed by atoms with van der Waals surface area (Å²) in [5.41, 5.74) is 2.14. The maximum atomic E-state index is 9.27. The Morgan fingerprint density at radius 1 is 1.86 bits per heavy atom. The molecule has 3 heteroatoms. The Kier molecular flexibility index (Phi) is 4.51. The van der Waals surface area contributed by atoms with Crippen molar-refractivity contribution < 1.29 is 0 Å². The molecule has 3 nitrogen and oxygen atoms in total. The predicted octanol–water partition coefficient (Wildman–Crippen LogP) is 1.18. The maximum Gasteiger partial charge on any atom is 0.0540 e. The third-order valence-corrected chi connectivity index (χ3v) is 0.481. The minimum absolute atomic E-state index is 0.919. The monoisotopic (exact) mass is 100 g/mol. The fraction of sp³-hybridized carbons (Fsp3) is 0.500. The molecule has 0 rings (SSSR count). The van der Waals surface area contributed by atoms with Crippen molar-refractivity contribution in [1.82, 2.24) is 5.43 Å². The van der Waals surface area contributed by atoms with Crippen molar-refractivity contribution in [2.75, 3.05) is 0 Å². The van der Waals surface area contributed by atoms with Crippen LogP contribution in [0.4, 0.5) is 0 Å². The zero-order valence-corrected chi connectivity index (χ0v) is 4.22. The minimum atomic E-state index is 0.919. The molecule has 0 saturated heterocycles. The molecule has 0 aliphatic rings. The van der Waals surface area contributed by atoms with Gasteiger partial charge in [0.2, 0.25) is 0 Å². The summed E-state index contributed by atoms with van der Waals surface area (Å²) in [7, 11) is 0. The van der Waals surface area contributed by atoms with Gasteiger partial charge in [0.1, 0.15) is 0 Å². The summed E-state index contributed by atoms with van der Waals surface area (Å²) < 4.78 is 0. The Labute approximate surface area is 42.4 Å². The highest BCUT2D eigenvalue weighted by Gasteiger charge is 1.62. The Hall–Kier alpha value is -0.860. The predicted molar refractivity (Wildman–Crippen MR) is 28.4 cm³/mol. The summed E-state index contributed by atoms with van der Waals surface area (Å²) in [5.74, 6) is 0. The van der Waals surface area contributed by atoms with Crippen molar-refractivity contribution in [3.05, 3.63) is 17.2 Å². The lowest BCUT2D eigenvalue weighted by molar-refractivity contribution is 0.944. The normalized spacial score (nSPS) is 9.29. The van der Waals surface area contributed by atoms with Gasteiger partial charge in [0, 0.05) is 6.20 Å². The van der Waals surface area contributed by atoms with Crippen molar-refractivity contribution in [2.45, 2.75) is 13.3 Å². The van der Waals surface area contributed by atoms with Gasteiger partial charge in [0.15, 0.2) is 0 Å². The van der Waals surface area contributed by atoms with Crippen LogP contribution in [0.15, 0.2) is 17.6 Å². The van der Waals surface area contributed by atoms with E-state index in [0.29, 0.717) is 0 Å². The first-order valence-electron chi connectivity index (χ1n) is 2.14. The van der Waals surface area contributed by atoms with E-state index in [9.17, 15) is 4.91 Å². The van der Waals surface area contributed by atoms with Gasteiger partial charge in [0.05, 0.1) is 5.29 Å². The Morgan fingerprint density at radius 2 is 2.57 bits per heavy atom. The van der Waals surface area contributed by atoms with Crippen LogP contribution in [0.3, 0.4) is 0 Å². The molecule has 0 unspecified atom stereocenters. The van der Waals surface area contributed by atoms with E-state index in [2.05, 4.69) is 10.7 Å². The Balaban J connectivity index is 2.92. The van der Waals surface area contributed by atoms with E-state index < -0.39 is 0 Å². The summed E-state index contributed by atoms with van der Waals surface area (Å²) in [6.07, 6.45) is 4.23. The number of nitrogens with one attached hydrogen (secondary N) is 1. The second kappa shape index (κ2) is 5.14. The summed E-state index contributed by atoms with van der Waals surface area (Å²) in [5, 5.41) is 2.39. The van der Waals surface area contributed by atoms with Gasteiger partial charge >= 0.3 is 0 Å². The van der Waals surface area contributed by atoms with Crippen molar-refractivity contribution in [3.63, 3.8) is 0 Å². The lowest BCUT2D eigenvalue weighted by Crippen LogP contribution is -1.87. The summed E-state index contributed by atoms with van der Waals surface area (Å²) in [6, 6.07) is 0. The number of allylic oxidation sites excluding steroid dienone is 1. The number of rotatable bonds is 3. The van der Waals surface area contributed by atoms with Crippen LogP contribution in [0.25, 0.3) is 0 Å².